The fourth-order valence-electron chi connectivity index (χ4n) is 2.80. The SMILES string of the molecule is CC1=CC(O)(C[S+](C)C)CC(C)(C)C1.[I-]. The first-order valence-electron chi connectivity index (χ1n) is 5.17. The standard InChI is InChI=1S/C12H23OS.HI/c1-10-6-11(2,3)8-12(13,7-10)9-14(4)5;/h7,13H,6,8-9H2,1-5H3;1H/q+1;/p-1. The van der Waals surface area contributed by atoms with Crippen molar-refractivity contribution < 1.29 is 29.1 Å². The van der Waals surface area contributed by atoms with Crippen LogP contribution in [0.5, 0.6) is 0 Å². The molecule has 1 unspecified atom stereocenters. The van der Waals surface area contributed by atoms with E-state index in [1.807, 2.05) is 0 Å². The maximum atomic E-state index is 10.5. The van der Waals surface area contributed by atoms with Crippen LogP contribution < -0.4 is 24.0 Å². The fourth-order valence-corrected chi connectivity index (χ4v) is 3.98. The summed E-state index contributed by atoms with van der Waals surface area (Å²) in [5, 5.41) is 10.5. The van der Waals surface area contributed by atoms with Gasteiger partial charge in [0.15, 0.2) is 0 Å². The third-order valence-corrected chi connectivity index (χ3v) is 3.67. The molecule has 0 heterocycles. The van der Waals surface area contributed by atoms with Gasteiger partial charge < -0.3 is 29.1 Å². The Balaban J connectivity index is 0.00000196. The van der Waals surface area contributed by atoms with Gasteiger partial charge in [-0.1, -0.05) is 19.4 Å². The van der Waals surface area contributed by atoms with Gasteiger partial charge in [0.2, 0.25) is 0 Å². The maximum absolute atomic E-state index is 10.5. The molecule has 0 aliphatic heterocycles. The molecule has 0 aromatic carbocycles. The van der Waals surface area contributed by atoms with Gasteiger partial charge in [-0.2, -0.15) is 0 Å². The van der Waals surface area contributed by atoms with E-state index in [1.165, 1.54) is 5.57 Å². The molecule has 1 rings (SSSR count). The highest BCUT2D eigenvalue weighted by atomic mass is 127. The first-order valence-corrected chi connectivity index (χ1v) is 7.38. The highest BCUT2D eigenvalue weighted by Crippen LogP contribution is 2.40. The van der Waals surface area contributed by atoms with E-state index in [9.17, 15) is 5.11 Å². The number of rotatable bonds is 2. The van der Waals surface area contributed by atoms with E-state index < -0.39 is 5.60 Å². The normalized spacial score (nSPS) is 29.7. The zero-order chi connectivity index (χ0) is 11.0. The van der Waals surface area contributed by atoms with Crippen molar-refractivity contribution >= 4 is 10.9 Å². The lowest BCUT2D eigenvalue weighted by Gasteiger charge is -2.38. The minimum absolute atomic E-state index is 0. The highest BCUT2D eigenvalue weighted by molar-refractivity contribution is 7.95. The molecule has 0 bridgehead atoms. The summed E-state index contributed by atoms with van der Waals surface area (Å²) in [4.78, 5) is 0. The van der Waals surface area contributed by atoms with Gasteiger partial charge >= 0.3 is 0 Å². The number of halogens is 1. The molecule has 0 amide bonds. The lowest BCUT2D eigenvalue weighted by molar-refractivity contribution is -0.0000177. The van der Waals surface area contributed by atoms with E-state index in [4.69, 9.17) is 0 Å². The minimum Gasteiger partial charge on any atom is -1.00 e. The zero-order valence-electron chi connectivity index (χ0n) is 10.4. The van der Waals surface area contributed by atoms with Crippen LogP contribution in [-0.2, 0) is 10.9 Å². The third-order valence-electron chi connectivity index (χ3n) is 2.60. The van der Waals surface area contributed by atoms with E-state index in [1.54, 1.807) is 0 Å². The summed E-state index contributed by atoms with van der Waals surface area (Å²) < 4.78 is 0. The molecule has 15 heavy (non-hydrogen) atoms. The topological polar surface area (TPSA) is 20.2 Å². The minimum atomic E-state index is -0.543. The van der Waals surface area contributed by atoms with Crippen molar-refractivity contribution in [2.45, 2.75) is 39.2 Å². The molecule has 1 nitrogen and oxygen atoms in total. The third kappa shape index (κ3) is 5.09. The predicted octanol–water partition coefficient (Wildman–Crippen LogP) is -0.634. The van der Waals surface area contributed by atoms with Crippen LogP contribution in [0.2, 0.25) is 0 Å². The molecule has 1 atom stereocenters. The van der Waals surface area contributed by atoms with Crippen LogP contribution >= 0.6 is 0 Å². The van der Waals surface area contributed by atoms with E-state index in [0.29, 0.717) is 10.9 Å². The highest BCUT2D eigenvalue weighted by Gasteiger charge is 2.40. The van der Waals surface area contributed by atoms with Crippen molar-refractivity contribution in [3.63, 3.8) is 0 Å². The molecule has 0 aromatic rings. The van der Waals surface area contributed by atoms with Gasteiger partial charge in [0, 0.05) is 0 Å². The molecular weight excluding hydrogens is 319 g/mol. The predicted molar refractivity (Wildman–Crippen MR) is 65.8 cm³/mol. The summed E-state index contributed by atoms with van der Waals surface area (Å²) in [7, 11) is 0.305. The molecule has 90 valence electrons. The van der Waals surface area contributed by atoms with Crippen molar-refractivity contribution in [3.05, 3.63) is 11.6 Å². The number of hydrogen-bond acceptors (Lipinski definition) is 1. The fraction of sp³-hybridized carbons (Fsp3) is 0.833. The Kier molecular flexibility index (Phi) is 5.69. The second-order valence-corrected chi connectivity index (χ2v) is 8.00. The molecule has 0 spiro atoms. The molecule has 0 radical (unpaired) electrons. The Morgan fingerprint density at radius 2 is 1.93 bits per heavy atom. The molecule has 0 saturated heterocycles. The Bertz CT molecular complexity index is 248. The molecule has 0 saturated carbocycles. The van der Waals surface area contributed by atoms with Crippen molar-refractivity contribution in [3.8, 4) is 0 Å². The largest absolute Gasteiger partial charge is 1.00 e. The average Bonchev–Trinajstić information content (AvgIpc) is 1.74. The molecule has 1 aliphatic carbocycles. The summed E-state index contributed by atoms with van der Waals surface area (Å²) >= 11 is 0. The van der Waals surface area contributed by atoms with Crippen molar-refractivity contribution in [1.82, 2.24) is 0 Å². The van der Waals surface area contributed by atoms with Gasteiger partial charge in [-0.3, -0.25) is 0 Å². The van der Waals surface area contributed by atoms with Gasteiger partial charge in [-0.15, -0.1) is 0 Å². The zero-order valence-corrected chi connectivity index (χ0v) is 13.4. The Morgan fingerprint density at radius 1 is 1.40 bits per heavy atom. The summed E-state index contributed by atoms with van der Waals surface area (Å²) in [5.74, 6) is 0.910. The second-order valence-electron chi connectivity index (χ2n) is 5.74. The second kappa shape index (κ2) is 5.41. The van der Waals surface area contributed by atoms with Gasteiger partial charge in [0.1, 0.15) is 11.4 Å². The first-order chi connectivity index (χ1) is 6.22. The van der Waals surface area contributed by atoms with Gasteiger partial charge in [-0.05, 0) is 42.2 Å². The number of allylic oxidation sites excluding steroid dienone is 1. The summed E-state index contributed by atoms with van der Waals surface area (Å²) in [5.41, 5.74) is 1.06. The molecule has 1 aliphatic rings. The van der Waals surface area contributed by atoms with E-state index >= 15 is 0 Å². The molecule has 0 aromatic heterocycles. The Hall–Kier alpha value is 0.780. The lowest BCUT2D eigenvalue weighted by atomic mass is 9.72. The van der Waals surface area contributed by atoms with Crippen LogP contribution in [0.4, 0.5) is 0 Å². The van der Waals surface area contributed by atoms with Crippen LogP contribution in [0.3, 0.4) is 0 Å². The van der Waals surface area contributed by atoms with E-state index in [-0.39, 0.29) is 29.4 Å². The summed E-state index contributed by atoms with van der Waals surface area (Å²) in [6.07, 6.45) is 8.51. The number of aliphatic hydroxyl groups is 1. The van der Waals surface area contributed by atoms with Crippen molar-refractivity contribution in [1.29, 1.82) is 0 Å². The average molecular weight is 342 g/mol. The van der Waals surface area contributed by atoms with E-state index in [0.717, 1.165) is 18.6 Å². The molecule has 3 heteroatoms. The van der Waals surface area contributed by atoms with Crippen LogP contribution in [-0.4, -0.2) is 29.0 Å². The van der Waals surface area contributed by atoms with Crippen LogP contribution in [0.1, 0.15) is 33.6 Å². The molecular formula is C12H23IOS. The van der Waals surface area contributed by atoms with Crippen LogP contribution in [0.15, 0.2) is 11.6 Å². The Labute approximate surface area is 114 Å². The van der Waals surface area contributed by atoms with Gasteiger partial charge in [0.25, 0.3) is 0 Å². The molecule has 1 N–H and O–H groups in total. The first kappa shape index (κ1) is 15.8. The van der Waals surface area contributed by atoms with Crippen molar-refractivity contribution in [2.75, 3.05) is 18.3 Å². The maximum Gasteiger partial charge on any atom is 0.139 e. The number of hydrogen-bond donors (Lipinski definition) is 1. The quantitative estimate of drug-likeness (QED) is 0.402. The van der Waals surface area contributed by atoms with E-state index in [2.05, 4.69) is 39.4 Å². The monoisotopic (exact) mass is 342 g/mol. The Morgan fingerprint density at radius 3 is 2.33 bits per heavy atom. The lowest BCUT2D eigenvalue weighted by Crippen LogP contribution is -3.00. The smallest absolute Gasteiger partial charge is 0.139 e. The van der Waals surface area contributed by atoms with Crippen molar-refractivity contribution in [2.24, 2.45) is 5.41 Å². The molecule has 0 fully saturated rings. The van der Waals surface area contributed by atoms with Gasteiger partial charge in [0.05, 0.1) is 12.5 Å². The summed E-state index contributed by atoms with van der Waals surface area (Å²) in [6.45, 7) is 6.63. The van der Waals surface area contributed by atoms with Crippen LogP contribution in [0.25, 0.3) is 0 Å². The van der Waals surface area contributed by atoms with Crippen LogP contribution in [0, 0.1) is 5.41 Å². The summed E-state index contributed by atoms with van der Waals surface area (Å²) in [6, 6.07) is 0. The van der Waals surface area contributed by atoms with Gasteiger partial charge in [-0.25, -0.2) is 0 Å².